The Kier molecular flexibility index (Phi) is 6.88. The van der Waals surface area contributed by atoms with Gasteiger partial charge in [0.1, 0.15) is 5.60 Å². The minimum absolute atomic E-state index is 0.0937. The minimum atomic E-state index is -0.395. The standard InChI is InChI=1S/C14H27BO2/c1-13(2,3)17-12(16)14(4,5)10-8-6-7-9-11-15/h6-11H2,1-5H3. The molecule has 2 nitrogen and oxygen atoms in total. The zero-order valence-electron chi connectivity index (χ0n) is 12.1. The lowest BCUT2D eigenvalue weighted by atomic mass is 9.86. The molecular formula is C14H27BO2. The Hall–Kier alpha value is -0.465. The second-order valence-corrected chi connectivity index (χ2v) is 6.34. The fraction of sp³-hybridized carbons (Fsp3) is 0.929. The predicted molar refractivity (Wildman–Crippen MR) is 73.3 cm³/mol. The Bertz CT molecular complexity index is 229. The maximum atomic E-state index is 12.0. The largest absolute Gasteiger partial charge is 0.460 e. The van der Waals surface area contributed by atoms with E-state index in [-0.39, 0.29) is 11.4 Å². The molecule has 0 spiro atoms. The molecule has 0 aromatic heterocycles. The number of carbonyl (C=O) groups is 1. The van der Waals surface area contributed by atoms with E-state index in [1.807, 2.05) is 34.6 Å². The molecule has 0 fully saturated rings. The van der Waals surface area contributed by atoms with E-state index in [1.54, 1.807) is 0 Å². The molecule has 0 unspecified atom stereocenters. The van der Waals surface area contributed by atoms with Gasteiger partial charge in [-0.25, -0.2) is 0 Å². The molecule has 0 N–H and O–H groups in total. The van der Waals surface area contributed by atoms with E-state index < -0.39 is 5.60 Å². The Morgan fingerprint density at radius 2 is 1.53 bits per heavy atom. The van der Waals surface area contributed by atoms with Crippen LogP contribution in [0.15, 0.2) is 0 Å². The SMILES string of the molecule is [B]CCCCCCC(C)(C)C(=O)OC(C)(C)C. The van der Waals surface area contributed by atoms with Gasteiger partial charge in [0, 0.05) is 0 Å². The van der Waals surface area contributed by atoms with Crippen LogP contribution in [0.25, 0.3) is 0 Å². The van der Waals surface area contributed by atoms with Crippen LogP contribution in [-0.2, 0) is 9.53 Å². The van der Waals surface area contributed by atoms with E-state index in [9.17, 15) is 4.79 Å². The summed E-state index contributed by atoms with van der Waals surface area (Å²) in [4.78, 5) is 12.0. The molecule has 0 atom stereocenters. The fourth-order valence-corrected chi connectivity index (χ4v) is 1.58. The molecule has 0 amide bonds. The van der Waals surface area contributed by atoms with Crippen molar-refractivity contribution in [1.82, 2.24) is 0 Å². The number of ether oxygens (including phenoxy) is 1. The number of carbonyl (C=O) groups excluding carboxylic acids is 1. The Labute approximate surface area is 108 Å². The molecule has 0 aromatic carbocycles. The van der Waals surface area contributed by atoms with Crippen molar-refractivity contribution in [3.05, 3.63) is 0 Å². The molecule has 0 rings (SSSR count). The highest BCUT2D eigenvalue weighted by Gasteiger charge is 2.31. The molecule has 0 saturated carbocycles. The van der Waals surface area contributed by atoms with Crippen molar-refractivity contribution in [2.45, 2.75) is 78.6 Å². The quantitative estimate of drug-likeness (QED) is 0.382. The molecule has 98 valence electrons. The summed E-state index contributed by atoms with van der Waals surface area (Å²) in [6.07, 6.45) is 6.07. The van der Waals surface area contributed by atoms with Crippen LogP contribution in [0.1, 0.15) is 66.7 Å². The average molecular weight is 238 g/mol. The summed E-state index contributed by atoms with van der Waals surface area (Å²) >= 11 is 0. The Morgan fingerprint density at radius 1 is 1.00 bits per heavy atom. The van der Waals surface area contributed by atoms with Crippen LogP contribution in [0, 0.1) is 5.41 Å². The first-order valence-corrected chi connectivity index (χ1v) is 6.62. The monoisotopic (exact) mass is 238 g/mol. The van der Waals surface area contributed by atoms with Crippen molar-refractivity contribution in [3.63, 3.8) is 0 Å². The summed E-state index contributed by atoms with van der Waals surface area (Å²) in [6.45, 7) is 9.64. The summed E-state index contributed by atoms with van der Waals surface area (Å²) < 4.78 is 5.42. The van der Waals surface area contributed by atoms with Gasteiger partial charge >= 0.3 is 5.97 Å². The zero-order valence-corrected chi connectivity index (χ0v) is 12.1. The maximum Gasteiger partial charge on any atom is 0.312 e. The van der Waals surface area contributed by atoms with Crippen LogP contribution in [0.4, 0.5) is 0 Å². The van der Waals surface area contributed by atoms with Crippen molar-refractivity contribution in [2.75, 3.05) is 0 Å². The molecule has 0 aliphatic heterocycles. The lowest BCUT2D eigenvalue weighted by Crippen LogP contribution is -2.33. The summed E-state index contributed by atoms with van der Waals surface area (Å²) in [7, 11) is 5.44. The third-order valence-electron chi connectivity index (χ3n) is 2.71. The van der Waals surface area contributed by atoms with Gasteiger partial charge < -0.3 is 4.74 Å². The van der Waals surface area contributed by atoms with E-state index in [1.165, 1.54) is 0 Å². The van der Waals surface area contributed by atoms with Gasteiger partial charge in [0.25, 0.3) is 0 Å². The molecular weight excluding hydrogens is 211 g/mol. The molecule has 0 heterocycles. The molecule has 0 saturated heterocycles. The number of hydrogen-bond acceptors (Lipinski definition) is 2. The van der Waals surface area contributed by atoms with Gasteiger partial charge in [-0.2, -0.15) is 0 Å². The summed E-state index contributed by atoms with van der Waals surface area (Å²) in [6, 6.07) is 0. The van der Waals surface area contributed by atoms with Gasteiger partial charge in [-0.15, -0.1) is 0 Å². The number of esters is 1. The third kappa shape index (κ3) is 8.28. The molecule has 0 aromatic rings. The highest BCUT2D eigenvalue weighted by molar-refractivity contribution is 6.08. The fourth-order valence-electron chi connectivity index (χ4n) is 1.58. The van der Waals surface area contributed by atoms with Crippen molar-refractivity contribution in [1.29, 1.82) is 0 Å². The number of unbranched alkanes of at least 4 members (excludes halogenated alkanes) is 3. The third-order valence-corrected chi connectivity index (χ3v) is 2.71. The lowest BCUT2D eigenvalue weighted by molar-refractivity contribution is -0.166. The van der Waals surface area contributed by atoms with Crippen LogP contribution in [-0.4, -0.2) is 19.4 Å². The predicted octanol–water partition coefficient (Wildman–Crippen LogP) is 3.89. The lowest BCUT2D eigenvalue weighted by Gasteiger charge is -2.28. The van der Waals surface area contributed by atoms with Crippen LogP contribution in [0.2, 0.25) is 6.32 Å². The first-order chi connectivity index (χ1) is 7.69. The number of hydrogen-bond donors (Lipinski definition) is 0. The highest BCUT2D eigenvalue weighted by atomic mass is 16.6. The molecule has 2 radical (unpaired) electrons. The van der Waals surface area contributed by atoms with Gasteiger partial charge in [0.15, 0.2) is 0 Å². The number of rotatable bonds is 7. The van der Waals surface area contributed by atoms with E-state index in [0.29, 0.717) is 0 Å². The summed E-state index contributed by atoms with van der Waals surface area (Å²) in [5, 5.41) is 0. The van der Waals surface area contributed by atoms with Crippen LogP contribution < -0.4 is 0 Å². The average Bonchev–Trinajstić information content (AvgIpc) is 2.14. The van der Waals surface area contributed by atoms with E-state index >= 15 is 0 Å². The smallest absolute Gasteiger partial charge is 0.312 e. The molecule has 3 heteroatoms. The van der Waals surface area contributed by atoms with Gasteiger partial charge in [-0.05, 0) is 41.0 Å². The molecule has 0 bridgehead atoms. The van der Waals surface area contributed by atoms with Crippen molar-refractivity contribution < 1.29 is 9.53 Å². The van der Waals surface area contributed by atoms with Crippen LogP contribution in [0.5, 0.6) is 0 Å². The van der Waals surface area contributed by atoms with Crippen molar-refractivity contribution >= 4 is 13.8 Å². The van der Waals surface area contributed by atoms with Crippen LogP contribution >= 0.6 is 0 Å². The summed E-state index contributed by atoms with van der Waals surface area (Å²) in [5.41, 5.74) is -0.774. The van der Waals surface area contributed by atoms with Crippen LogP contribution in [0.3, 0.4) is 0 Å². The Balaban J connectivity index is 3.97. The topological polar surface area (TPSA) is 26.3 Å². The molecule has 0 aliphatic rings. The Morgan fingerprint density at radius 3 is 2.00 bits per heavy atom. The van der Waals surface area contributed by atoms with Crippen molar-refractivity contribution in [2.24, 2.45) is 5.41 Å². The molecule has 17 heavy (non-hydrogen) atoms. The second-order valence-electron chi connectivity index (χ2n) is 6.34. The van der Waals surface area contributed by atoms with Gasteiger partial charge in [0.2, 0.25) is 0 Å². The van der Waals surface area contributed by atoms with E-state index in [0.717, 1.165) is 38.4 Å². The van der Waals surface area contributed by atoms with Gasteiger partial charge in [0.05, 0.1) is 13.3 Å². The zero-order chi connectivity index (χ0) is 13.5. The highest BCUT2D eigenvalue weighted by Crippen LogP contribution is 2.27. The normalized spacial score (nSPS) is 12.5. The van der Waals surface area contributed by atoms with Gasteiger partial charge in [-0.1, -0.05) is 32.0 Å². The first kappa shape index (κ1) is 16.5. The minimum Gasteiger partial charge on any atom is -0.460 e. The van der Waals surface area contributed by atoms with E-state index in [2.05, 4.69) is 0 Å². The summed E-state index contributed by atoms with van der Waals surface area (Å²) in [5.74, 6) is -0.0937. The van der Waals surface area contributed by atoms with Crippen molar-refractivity contribution in [3.8, 4) is 0 Å². The second kappa shape index (κ2) is 7.08. The van der Waals surface area contributed by atoms with Gasteiger partial charge in [-0.3, -0.25) is 4.79 Å². The van der Waals surface area contributed by atoms with E-state index in [4.69, 9.17) is 12.6 Å². The molecule has 0 aliphatic carbocycles. The first-order valence-electron chi connectivity index (χ1n) is 6.62. The maximum absolute atomic E-state index is 12.0.